The van der Waals surface area contributed by atoms with E-state index in [0.717, 1.165) is 164 Å². The van der Waals surface area contributed by atoms with Crippen molar-refractivity contribution in [1.29, 1.82) is 15.8 Å². The topological polar surface area (TPSA) is 276 Å². The van der Waals surface area contributed by atoms with Gasteiger partial charge in [-0.05, 0) is 131 Å². The summed E-state index contributed by atoms with van der Waals surface area (Å²) < 4.78 is 0. The number of unbranched alkanes of at least 4 members (excludes halogenated alkanes) is 14. The first-order valence-electron chi connectivity index (χ1n) is 51.5. The predicted molar refractivity (Wildman–Crippen MR) is 559 cm³/mol. The molecule has 0 aromatic carbocycles. The highest BCUT2D eigenvalue weighted by atomic mass is 32.1. The van der Waals surface area contributed by atoms with Crippen molar-refractivity contribution >= 4 is 115 Å². The Kier molecular flexibility index (Phi) is 48.5. The first kappa shape index (κ1) is 117. The van der Waals surface area contributed by atoms with E-state index < -0.39 is 46.8 Å². The molecule has 750 valence electrons. The van der Waals surface area contributed by atoms with Crippen LogP contribution in [0.3, 0.4) is 0 Å². The molecule has 4 atom stereocenters. The van der Waals surface area contributed by atoms with Crippen molar-refractivity contribution < 1.29 is 38.4 Å². The average molecular weight is 1920 g/mol. The summed E-state index contributed by atoms with van der Waals surface area (Å²) in [6.07, 6.45) is 42.1. The van der Waals surface area contributed by atoms with E-state index in [-0.39, 0.29) is 55.9 Å². The van der Waals surface area contributed by atoms with Crippen molar-refractivity contribution in [2.75, 3.05) is 81.2 Å². The number of hydrazine groups is 3. The minimum atomic E-state index is -0.830. The number of anilines is 3. The third-order valence-electron chi connectivity index (χ3n) is 26.5. The molecule has 3 aromatic rings. The van der Waals surface area contributed by atoms with Crippen LogP contribution in [0, 0.1) is 69.0 Å². The van der Waals surface area contributed by atoms with Crippen molar-refractivity contribution in [1.82, 2.24) is 45.0 Å². The first-order valence-corrected chi connectivity index (χ1v) is 53.9. The lowest BCUT2D eigenvalue weighted by Crippen LogP contribution is -2.56. The van der Waals surface area contributed by atoms with Crippen molar-refractivity contribution in [2.24, 2.45) is 35.0 Å². The molecule has 1 fully saturated rings. The molecule has 0 saturated carbocycles. The molecule has 0 N–H and O–H groups in total. The van der Waals surface area contributed by atoms with Crippen LogP contribution in [-0.4, -0.2) is 159 Å². The van der Waals surface area contributed by atoms with Gasteiger partial charge < -0.3 is 14.7 Å². The molecule has 0 radical (unpaired) electrons. The summed E-state index contributed by atoms with van der Waals surface area (Å²) in [5.41, 5.74) is 2.72. The smallest absolute Gasteiger partial charge is 0.290 e. The van der Waals surface area contributed by atoms with E-state index >= 15 is 0 Å². The van der Waals surface area contributed by atoms with Crippen LogP contribution in [0.4, 0.5) is 15.4 Å². The number of imide groups is 3. The molecular weight excluding hydrogens is 1740 g/mol. The largest absolute Gasteiger partial charge is 0.348 e. The lowest BCUT2D eigenvalue weighted by molar-refractivity contribution is -0.171. The summed E-state index contributed by atoms with van der Waals surface area (Å²) >= 11 is 4.79. The molecule has 3 aromatic heterocycles. The van der Waals surface area contributed by atoms with Gasteiger partial charge in [-0.1, -0.05) is 348 Å². The van der Waals surface area contributed by atoms with Crippen molar-refractivity contribution in [3.8, 4) is 18.2 Å². The third kappa shape index (κ3) is 32.8. The van der Waals surface area contributed by atoms with Gasteiger partial charge >= 0.3 is 0 Å². The van der Waals surface area contributed by atoms with Gasteiger partial charge in [0.05, 0.1) is 31.7 Å². The highest BCUT2D eigenvalue weighted by molar-refractivity contribution is 7.17. The maximum Gasteiger partial charge on any atom is 0.290 e. The molecule has 4 aliphatic heterocycles. The lowest BCUT2D eigenvalue weighted by atomic mass is 9.89. The van der Waals surface area contributed by atoms with E-state index in [1.165, 1.54) is 160 Å². The zero-order valence-electron chi connectivity index (χ0n) is 88.9. The Morgan fingerprint density at radius 3 is 0.970 bits per heavy atom. The monoisotopic (exact) mass is 1920 g/mol. The van der Waals surface area contributed by atoms with Gasteiger partial charge in [0, 0.05) is 111 Å². The van der Waals surface area contributed by atoms with E-state index in [9.17, 15) is 54.1 Å². The first-order chi connectivity index (χ1) is 63.7. The molecule has 0 aliphatic carbocycles. The highest BCUT2D eigenvalue weighted by Crippen LogP contribution is 2.44. The van der Waals surface area contributed by atoms with E-state index in [1.807, 2.05) is 23.2 Å². The normalized spacial score (nSPS) is 16.9. The molecule has 8 amide bonds. The highest BCUT2D eigenvalue weighted by Gasteiger charge is 2.46. The number of hydrogen-bond acceptors (Lipinski definition) is 21. The summed E-state index contributed by atoms with van der Waals surface area (Å²) in [5.74, 6) is -2.52. The van der Waals surface area contributed by atoms with Crippen LogP contribution < -0.4 is 14.7 Å². The summed E-state index contributed by atoms with van der Waals surface area (Å²) in [6.45, 7) is 62.4. The molecule has 135 heavy (non-hydrogen) atoms. The average Bonchev–Trinajstić information content (AvgIpc) is 1.69. The third-order valence-corrected chi connectivity index (χ3v) is 29.7. The number of piperidine rings is 1. The second-order valence-electron chi connectivity index (χ2n) is 42.3. The number of amides is 8. The van der Waals surface area contributed by atoms with Gasteiger partial charge in [-0.25, -0.2) is 35.0 Å². The number of aromatic nitrogens is 3. The van der Waals surface area contributed by atoms with E-state index in [2.05, 4.69) is 152 Å². The fourth-order valence-corrected chi connectivity index (χ4v) is 21.4. The van der Waals surface area contributed by atoms with Gasteiger partial charge in [0.1, 0.15) is 34.9 Å². The molecule has 4 unspecified atom stereocenters. The van der Waals surface area contributed by atoms with Crippen LogP contribution in [0.15, 0.2) is 50.2 Å². The SMILES string of the molecule is CCCCC(CC)CN(CC(CC)CCCC)c1nc(C(C)(C)C)c(/C=C2\C(=O)N(N(C)C(=O)C(C)C)C(=O)C(C#N)=C2C)s1.CCCCC(CC)CN(CC(CC)CCCC)c1nc(C(C)(C)C)c(/C=C2\C(=O)N(N3CCCCC3)C(=O)C(C#N)=C2C)s1.CCCCCCCCN(CCCCCCCC)c1nc(C(C)(C)C)c(/C=C2\C(=O)N(N(C)C(=O)C(C)(C)C)C(=O)C(C#N)=C2C)s1. The Labute approximate surface area is 827 Å². The van der Waals surface area contributed by atoms with Crippen LogP contribution in [-0.2, 0) is 54.6 Å². The van der Waals surface area contributed by atoms with Crippen LogP contribution >= 0.6 is 34.0 Å². The molecule has 4 aliphatic rings. The van der Waals surface area contributed by atoms with Crippen LogP contribution in [0.25, 0.3) is 18.2 Å². The van der Waals surface area contributed by atoms with Crippen molar-refractivity contribution in [2.45, 2.75) is 402 Å². The Morgan fingerprint density at radius 2 is 0.681 bits per heavy atom. The minimum absolute atomic E-state index is 0.0496. The molecule has 23 nitrogen and oxygen atoms in total. The van der Waals surface area contributed by atoms with Gasteiger partial charge in [-0.3, -0.25) is 38.4 Å². The van der Waals surface area contributed by atoms with Crippen LogP contribution in [0.5, 0.6) is 0 Å². The van der Waals surface area contributed by atoms with Gasteiger partial charge in [0.15, 0.2) is 15.4 Å². The summed E-state index contributed by atoms with van der Waals surface area (Å²) in [5, 5.41) is 39.6. The molecule has 7 heterocycles. The maximum atomic E-state index is 14.0. The van der Waals surface area contributed by atoms with E-state index in [0.29, 0.717) is 59.1 Å². The van der Waals surface area contributed by atoms with Gasteiger partial charge in [0.25, 0.3) is 35.4 Å². The second kappa shape index (κ2) is 55.9. The Balaban J connectivity index is 0.000000358. The standard InChI is InChI=1S/C37H59N5O3S.C36H57N5O3S.C36H57N5O2S/c1-11-13-15-17-19-21-23-41(24-22-20-18-16-14-12-2)35-39-31(36(4,5)6)30(46-35)25-28-27(3)29(26-38)33(44)42(32(28)43)40(10)34(45)37(7,8)9;1-12-16-18-26(14-3)22-40(23-27(15-4)19-17-13-2)35-38-31(36(8,9)10)30(45-35)20-28-25(7)29(21-37)34(44)41(33(28)43)39(11)32(42)24(5)6;1-9-13-18-27(11-3)24-39(25-28(12-4)19-14-10-2)35-38-32(36(6,7)8)31(44-35)22-29-26(5)30(23-37)34(43)41(33(29)42)40-20-16-15-17-21-40/h25H,11-24H2,1-10H3;20,24,26-27H,12-19,22-23H2,1-11H3;22,27-28H,9-21,24-25H2,1-8H3/b28-25-;28-20-;29-22-. The molecule has 0 spiro atoms. The predicted octanol–water partition coefficient (Wildman–Crippen LogP) is 26.0. The van der Waals surface area contributed by atoms with Gasteiger partial charge in [-0.2, -0.15) is 25.8 Å². The lowest BCUT2D eigenvalue weighted by Gasteiger charge is -2.38. The fourth-order valence-electron chi connectivity index (χ4n) is 17.6. The number of thiazole rings is 3. The van der Waals surface area contributed by atoms with Gasteiger partial charge in [0.2, 0.25) is 11.8 Å². The molecule has 7 rings (SSSR count). The fraction of sp³-hybridized carbons (Fsp3) is 0.706. The van der Waals surface area contributed by atoms with Crippen molar-refractivity contribution in [3.63, 3.8) is 0 Å². The van der Waals surface area contributed by atoms with E-state index in [1.54, 1.807) is 102 Å². The van der Waals surface area contributed by atoms with Crippen molar-refractivity contribution in [3.05, 3.63) is 81.9 Å². The van der Waals surface area contributed by atoms with Crippen LogP contribution in [0.2, 0.25) is 0 Å². The molecule has 0 bridgehead atoms. The second-order valence-corrected chi connectivity index (χ2v) is 45.3. The molecular formula is C109H173N15O8S3. The zero-order chi connectivity index (χ0) is 101. The number of hydrogen-bond donors (Lipinski definition) is 0. The summed E-state index contributed by atoms with van der Waals surface area (Å²) in [7, 11) is 2.81. The number of nitriles is 3. The number of carbonyl (C=O) groups excluding carboxylic acids is 8. The minimum Gasteiger partial charge on any atom is -0.348 e. The Hall–Kier alpha value is -8.48. The van der Waals surface area contributed by atoms with Crippen LogP contribution in [0.1, 0.15) is 418 Å². The van der Waals surface area contributed by atoms with E-state index in [4.69, 9.17) is 15.0 Å². The zero-order valence-corrected chi connectivity index (χ0v) is 91.3. The maximum absolute atomic E-state index is 14.0. The molecule has 26 heteroatoms. The molecule has 1 saturated heterocycles. The summed E-state index contributed by atoms with van der Waals surface area (Å²) in [4.78, 5) is 134. The number of rotatable bonds is 48. The van der Waals surface area contributed by atoms with Gasteiger partial charge in [-0.15, -0.1) is 0 Å². The number of nitrogens with zero attached hydrogens (tertiary/aromatic N) is 15. The quantitative estimate of drug-likeness (QED) is 0.0288. The summed E-state index contributed by atoms with van der Waals surface area (Å²) in [6, 6.07) is 6.09. The number of carbonyl (C=O) groups is 8. The Morgan fingerprint density at radius 1 is 0.393 bits per heavy atom. The Bertz CT molecular complexity index is 4710.